The number of aromatic nitrogens is 2. The molecule has 1 amide bonds. The van der Waals surface area contributed by atoms with E-state index in [1.165, 1.54) is 0 Å². The Morgan fingerprint density at radius 1 is 1.77 bits per heavy atom. The van der Waals surface area contributed by atoms with Crippen molar-refractivity contribution in [1.29, 1.82) is 0 Å². The van der Waals surface area contributed by atoms with E-state index in [9.17, 15) is 4.79 Å². The van der Waals surface area contributed by atoms with Crippen molar-refractivity contribution in [1.82, 2.24) is 15.3 Å². The molecule has 0 fully saturated rings. The molecule has 70 valence electrons. The predicted molar refractivity (Wildman–Crippen MR) is 49.9 cm³/mol. The third-order valence-electron chi connectivity index (χ3n) is 1.58. The van der Waals surface area contributed by atoms with E-state index in [-0.39, 0.29) is 5.91 Å². The normalized spacial score (nSPS) is 9.54. The van der Waals surface area contributed by atoms with Gasteiger partial charge in [0.2, 0.25) is 5.91 Å². The molecule has 1 rings (SSSR count). The molecule has 0 aliphatic carbocycles. The summed E-state index contributed by atoms with van der Waals surface area (Å²) in [5, 5.41) is 2.74. The number of rotatable bonds is 5. The number of imidazole rings is 1. The van der Waals surface area contributed by atoms with Crippen LogP contribution in [0.4, 0.5) is 0 Å². The van der Waals surface area contributed by atoms with E-state index < -0.39 is 0 Å². The Morgan fingerprint density at radius 3 is 3.23 bits per heavy atom. The number of hydrogen-bond donors (Lipinski definition) is 2. The summed E-state index contributed by atoms with van der Waals surface area (Å²) >= 11 is 0. The molecule has 0 saturated carbocycles. The second-order valence-electron chi connectivity index (χ2n) is 2.64. The fourth-order valence-electron chi connectivity index (χ4n) is 0.898. The Hall–Kier alpha value is -1.58. The Morgan fingerprint density at radius 2 is 2.62 bits per heavy atom. The van der Waals surface area contributed by atoms with E-state index in [1.807, 2.05) is 0 Å². The minimum Gasteiger partial charge on any atom is -0.349 e. The maximum absolute atomic E-state index is 11.1. The Labute approximate surface area is 77.1 Å². The number of carbonyl (C=O) groups excluding carboxylic acids is 1. The summed E-state index contributed by atoms with van der Waals surface area (Å²) in [5.74, 6) is 0.795. The molecule has 1 aromatic rings. The molecule has 4 nitrogen and oxygen atoms in total. The van der Waals surface area contributed by atoms with Gasteiger partial charge in [0.25, 0.3) is 0 Å². The van der Waals surface area contributed by atoms with Gasteiger partial charge in [0.1, 0.15) is 5.82 Å². The summed E-state index contributed by atoms with van der Waals surface area (Å²) in [6, 6.07) is 0. The molecule has 0 aliphatic heterocycles. The zero-order chi connectivity index (χ0) is 9.52. The summed E-state index contributed by atoms with van der Waals surface area (Å²) in [5.41, 5.74) is 0. The smallest absolute Gasteiger partial charge is 0.220 e. The third-order valence-corrected chi connectivity index (χ3v) is 1.58. The van der Waals surface area contributed by atoms with E-state index >= 15 is 0 Å². The van der Waals surface area contributed by atoms with Crippen molar-refractivity contribution in [3.8, 4) is 0 Å². The minimum atomic E-state index is 0.0244. The average Bonchev–Trinajstić information content (AvgIpc) is 2.64. The van der Waals surface area contributed by atoms with Crippen molar-refractivity contribution >= 4 is 5.91 Å². The Kier molecular flexibility index (Phi) is 3.75. The highest BCUT2D eigenvalue weighted by molar-refractivity contribution is 5.75. The van der Waals surface area contributed by atoms with Crippen molar-refractivity contribution in [2.45, 2.75) is 19.4 Å². The first-order valence-corrected chi connectivity index (χ1v) is 4.19. The fourth-order valence-corrected chi connectivity index (χ4v) is 0.898. The van der Waals surface area contributed by atoms with Crippen LogP contribution in [0, 0.1) is 0 Å². The number of amides is 1. The van der Waals surface area contributed by atoms with E-state index in [1.54, 1.807) is 18.5 Å². The van der Waals surface area contributed by atoms with Gasteiger partial charge in [-0.3, -0.25) is 4.79 Å². The maximum Gasteiger partial charge on any atom is 0.220 e. The van der Waals surface area contributed by atoms with Crippen molar-refractivity contribution in [3.05, 3.63) is 30.9 Å². The molecule has 4 heteroatoms. The van der Waals surface area contributed by atoms with Crippen LogP contribution in [-0.2, 0) is 11.3 Å². The lowest BCUT2D eigenvalue weighted by Gasteiger charge is -2.00. The van der Waals surface area contributed by atoms with E-state index in [0.29, 0.717) is 19.4 Å². The first kappa shape index (κ1) is 9.51. The molecule has 1 aromatic heterocycles. The Bertz CT molecular complexity index is 266. The van der Waals surface area contributed by atoms with Crippen molar-refractivity contribution in [2.75, 3.05) is 0 Å². The van der Waals surface area contributed by atoms with E-state index in [2.05, 4.69) is 21.9 Å². The van der Waals surface area contributed by atoms with Gasteiger partial charge in [-0.2, -0.15) is 0 Å². The minimum absolute atomic E-state index is 0.0244. The summed E-state index contributed by atoms with van der Waals surface area (Å²) in [7, 11) is 0. The topological polar surface area (TPSA) is 57.8 Å². The van der Waals surface area contributed by atoms with Gasteiger partial charge < -0.3 is 10.3 Å². The number of H-pyrrole nitrogens is 1. The largest absolute Gasteiger partial charge is 0.349 e. The number of hydrogen-bond acceptors (Lipinski definition) is 2. The summed E-state index contributed by atoms with van der Waals surface area (Å²) < 4.78 is 0. The molecule has 0 unspecified atom stereocenters. The zero-order valence-corrected chi connectivity index (χ0v) is 7.42. The number of nitrogens with zero attached hydrogens (tertiary/aromatic N) is 1. The average molecular weight is 179 g/mol. The van der Waals surface area contributed by atoms with Gasteiger partial charge in [0.05, 0.1) is 6.54 Å². The molecule has 0 bridgehead atoms. The van der Waals surface area contributed by atoms with Gasteiger partial charge in [-0.1, -0.05) is 6.08 Å². The quantitative estimate of drug-likeness (QED) is 0.662. The molecule has 0 radical (unpaired) electrons. The summed E-state index contributed by atoms with van der Waals surface area (Å²) in [4.78, 5) is 18.0. The second-order valence-corrected chi connectivity index (χ2v) is 2.64. The number of nitrogens with one attached hydrogen (secondary N) is 2. The lowest BCUT2D eigenvalue weighted by molar-refractivity contribution is -0.121. The molecule has 0 spiro atoms. The van der Waals surface area contributed by atoms with Gasteiger partial charge in [-0.25, -0.2) is 4.98 Å². The first-order chi connectivity index (χ1) is 6.33. The second kappa shape index (κ2) is 5.13. The molecule has 2 N–H and O–H groups in total. The summed E-state index contributed by atoms with van der Waals surface area (Å²) in [6.45, 7) is 4.01. The van der Waals surface area contributed by atoms with Crippen LogP contribution in [0.1, 0.15) is 18.7 Å². The number of allylic oxidation sites excluding steroid dienone is 1. The first-order valence-electron chi connectivity index (χ1n) is 4.19. The highest BCUT2D eigenvalue weighted by Gasteiger charge is 1.99. The SMILES string of the molecule is C=CCCC(=O)NCc1ncc[nH]1. The van der Waals surface area contributed by atoms with Crippen molar-refractivity contribution in [3.63, 3.8) is 0 Å². The zero-order valence-electron chi connectivity index (χ0n) is 7.42. The Balaban J connectivity index is 2.19. The van der Waals surface area contributed by atoms with Gasteiger partial charge in [0.15, 0.2) is 0 Å². The monoisotopic (exact) mass is 179 g/mol. The molecule has 13 heavy (non-hydrogen) atoms. The standard InChI is InChI=1S/C9H13N3O/c1-2-3-4-9(13)12-7-8-10-5-6-11-8/h2,5-6H,1,3-4,7H2,(H,10,11)(H,12,13). The molecule has 0 atom stereocenters. The van der Waals surface area contributed by atoms with Gasteiger partial charge in [-0.05, 0) is 6.42 Å². The van der Waals surface area contributed by atoms with Crippen LogP contribution in [0.15, 0.2) is 25.0 Å². The summed E-state index contributed by atoms with van der Waals surface area (Å²) in [6.07, 6.45) is 6.32. The lowest BCUT2D eigenvalue weighted by atomic mass is 10.3. The predicted octanol–water partition coefficient (Wildman–Crippen LogP) is 0.992. The lowest BCUT2D eigenvalue weighted by Crippen LogP contribution is -2.22. The molecular formula is C9H13N3O. The molecule has 1 heterocycles. The highest BCUT2D eigenvalue weighted by Crippen LogP contribution is 1.91. The highest BCUT2D eigenvalue weighted by atomic mass is 16.1. The van der Waals surface area contributed by atoms with Crippen LogP contribution in [0.25, 0.3) is 0 Å². The van der Waals surface area contributed by atoms with Gasteiger partial charge in [-0.15, -0.1) is 6.58 Å². The maximum atomic E-state index is 11.1. The van der Waals surface area contributed by atoms with E-state index in [0.717, 1.165) is 5.82 Å². The van der Waals surface area contributed by atoms with E-state index in [4.69, 9.17) is 0 Å². The van der Waals surface area contributed by atoms with Crippen LogP contribution >= 0.6 is 0 Å². The number of carbonyl (C=O) groups is 1. The van der Waals surface area contributed by atoms with Crippen LogP contribution in [0.2, 0.25) is 0 Å². The van der Waals surface area contributed by atoms with Crippen LogP contribution in [-0.4, -0.2) is 15.9 Å². The van der Waals surface area contributed by atoms with Crippen LogP contribution in [0.5, 0.6) is 0 Å². The fraction of sp³-hybridized carbons (Fsp3) is 0.333. The van der Waals surface area contributed by atoms with Gasteiger partial charge in [0, 0.05) is 18.8 Å². The van der Waals surface area contributed by atoms with Crippen LogP contribution in [0.3, 0.4) is 0 Å². The van der Waals surface area contributed by atoms with Crippen molar-refractivity contribution < 1.29 is 4.79 Å². The molecule has 0 aliphatic rings. The van der Waals surface area contributed by atoms with Crippen molar-refractivity contribution in [2.24, 2.45) is 0 Å². The molecule has 0 aromatic carbocycles. The number of aromatic amines is 1. The molecule has 0 saturated heterocycles. The van der Waals surface area contributed by atoms with Crippen LogP contribution < -0.4 is 5.32 Å². The van der Waals surface area contributed by atoms with Gasteiger partial charge >= 0.3 is 0 Å². The molecular weight excluding hydrogens is 166 g/mol. The third kappa shape index (κ3) is 3.55.